The van der Waals surface area contributed by atoms with E-state index < -0.39 is 0 Å². The number of hydrogen-bond acceptors (Lipinski definition) is 6. The number of aromatic nitrogens is 7. The second kappa shape index (κ2) is 11.3. The van der Waals surface area contributed by atoms with E-state index in [2.05, 4.69) is 40.4 Å². The summed E-state index contributed by atoms with van der Waals surface area (Å²) in [4.78, 5) is 4.17. The molecule has 0 amide bonds. The van der Waals surface area contributed by atoms with Crippen molar-refractivity contribution in [1.82, 2.24) is 34.7 Å². The minimum Gasteiger partial charge on any atom is -0.248 e. The van der Waals surface area contributed by atoms with Gasteiger partial charge < -0.3 is 0 Å². The Balaban J connectivity index is 1.45. The highest BCUT2D eigenvalue weighted by molar-refractivity contribution is 7.14. The first-order chi connectivity index (χ1) is 20.5. The smallest absolute Gasteiger partial charge is 0.168 e. The van der Waals surface area contributed by atoms with Gasteiger partial charge in [0.15, 0.2) is 5.01 Å². The predicted octanol–water partition coefficient (Wildman–Crippen LogP) is 8.52. The van der Waals surface area contributed by atoms with Crippen LogP contribution < -0.4 is 0 Å². The van der Waals surface area contributed by atoms with Crippen molar-refractivity contribution in [1.29, 1.82) is 0 Å². The van der Waals surface area contributed by atoms with Crippen molar-refractivity contribution in [3.63, 3.8) is 0 Å². The summed E-state index contributed by atoms with van der Waals surface area (Å²) < 4.78 is 3.63. The Bertz CT molecular complexity index is 1840. The molecule has 0 saturated heterocycles. The number of rotatable bonds is 7. The van der Waals surface area contributed by atoms with Crippen LogP contribution in [0.15, 0.2) is 85.5 Å². The number of nitrogens with zero attached hydrogens (tertiary/aromatic N) is 7. The minimum atomic E-state index is -0.149. The molecule has 1 aliphatic rings. The first kappa shape index (κ1) is 27.3. The van der Waals surface area contributed by atoms with E-state index in [1.54, 1.807) is 34.5 Å². The van der Waals surface area contributed by atoms with Crippen molar-refractivity contribution in [3.05, 3.63) is 117 Å². The van der Waals surface area contributed by atoms with Crippen molar-refractivity contribution in [2.24, 2.45) is 0 Å². The maximum absolute atomic E-state index is 6.76. The van der Waals surface area contributed by atoms with Crippen molar-refractivity contribution >= 4 is 46.1 Å². The van der Waals surface area contributed by atoms with Crippen LogP contribution in [0.1, 0.15) is 41.8 Å². The van der Waals surface area contributed by atoms with Gasteiger partial charge in [-0.2, -0.15) is 10.2 Å². The summed E-state index contributed by atoms with van der Waals surface area (Å²) in [5.41, 5.74) is 5.22. The molecular weight excluding hydrogens is 609 g/mol. The Hall–Kier alpha value is -3.56. The lowest BCUT2D eigenvalue weighted by Crippen LogP contribution is -2.23. The Morgan fingerprint density at radius 3 is 2.33 bits per heavy atom. The number of halogens is 3. The summed E-state index contributed by atoms with van der Waals surface area (Å²) in [5, 5.41) is 22.5. The molecule has 0 atom stereocenters. The fraction of sp³-hybridized carbons (Fsp3) is 0.194. The van der Waals surface area contributed by atoms with Gasteiger partial charge in [0.25, 0.3) is 0 Å². The van der Waals surface area contributed by atoms with E-state index in [1.807, 2.05) is 35.0 Å². The maximum Gasteiger partial charge on any atom is 0.168 e. The van der Waals surface area contributed by atoms with Gasteiger partial charge in [-0.15, -0.1) is 10.2 Å². The Labute approximate surface area is 261 Å². The van der Waals surface area contributed by atoms with Crippen LogP contribution >= 0.6 is 46.1 Å². The maximum atomic E-state index is 6.76. The van der Waals surface area contributed by atoms with Crippen LogP contribution in [-0.2, 0) is 12.0 Å². The molecule has 0 radical (unpaired) electrons. The lowest BCUT2D eigenvalue weighted by molar-refractivity contribution is 0.526. The van der Waals surface area contributed by atoms with E-state index in [9.17, 15) is 0 Å². The zero-order valence-corrected chi connectivity index (χ0v) is 25.4. The quantitative estimate of drug-likeness (QED) is 0.176. The van der Waals surface area contributed by atoms with Gasteiger partial charge in [-0.25, -0.2) is 14.3 Å². The summed E-state index contributed by atoms with van der Waals surface area (Å²) in [7, 11) is 0. The monoisotopic (exact) mass is 631 g/mol. The standard InChI is InChI=1S/C31H24Cl3N7S/c32-22-10-8-20(9-11-22)28-24(17-40-19-35-18-36-40)27(39-41(28)26-13-12-23(33)16-25(26)34)29-37-38-30(42-29)31(14-4-5-15-31)21-6-2-1-3-7-21/h1-3,6-13,16,18-19H,4-5,14-15,17H2. The zero-order valence-electron chi connectivity index (χ0n) is 22.3. The molecule has 210 valence electrons. The highest BCUT2D eigenvalue weighted by atomic mass is 35.5. The zero-order chi connectivity index (χ0) is 28.7. The van der Waals surface area contributed by atoms with Crippen LogP contribution in [-0.4, -0.2) is 34.7 Å². The van der Waals surface area contributed by atoms with Crippen LogP contribution in [0.25, 0.3) is 27.6 Å². The van der Waals surface area contributed by atoms with Gasteiger partial charge in [0.1, 0.15) is 23.4 Å². The van der Waals surface area contributed by atoms with Crippen LogP contribution in [0.2, 0.25) is 15.1 Å². The molecule has 42 heavy (non-hydrogen) atoms. The SMILES string of the molecule is Clc1ccc(-c2c(Cn3cncn3)c(-c3nnc(C4(c5ccccc5)CCCC4)s3)nn2-c2ccc(Cl)cc2Cl)cc1. The van der Waals surface area contributed by atoms with Gasteiger partial charge in [0, 0.05) is 26.6 Å². The Morgan fingerprint density at radius 1 is 0.857 bits per heavy atom. The van der Waals surface area contributed by atoms with Crippen molar-refractivity contribution < 1.29 is 0 Å². The average molecular weight is 633 g/mol. The second-order valence-electron chi connectivity index (χ2n) is 10.4. The van der Waals surface area contributed by atoms with Crippen LogP contribution in [0, 0.1) is 0 Å². The van der Waals surface area contributed by atoms with Crippen molar-refractivity contribution in [2.75, 3.05) is 0 Å². The summed E-state index contributed by atoms with van der Waals surface area (Å²) >= 11 is 20.9. The third-order valence-electron chi connectivity index (χ3n) is 7.85. The average Bonchev–Trinajstić information content (AvgIpc) is 3.82. The molecule has 3 aromatic heterocycles. The van der Waals surface area contributed by atoms with E-state index in [1.165, 1.54) is 11.9 Å². The highest BCUT2D eigenvalue weighted by Gasteiger charge is 2.41. The molecule has 11 heteroatoms. The molecule has 7 rings (SSSR count). The van der Waals surface area contributed by atoms with Crippen molar-refractivity contribution in [3.8, 4) is 27.6 Å². The molecule has 0 N–H and O–H groups in total. The molecule has 1 fully saturated rings. The summed E-state index contributed by atoms with van der Waals surface area (Å²) in [6.45, 7) is 0.414. The molecular formula is C31H24Cl3N7S. The van der Waals surface area contributed by atoms with Crippen LogP contribution in [0.4, 0.5) is 0 Å². The molecule has 0 spiro atoms. The van der Waals surface area contributed by atoms with Crippen molar-refractivity contribution in [2.45, 2.75) is 37.6 Å². The van der Waals surface area contributed by atoms with Gasteiger partial charge in [0.2, 0.25) is 0 Å². The fourth-order valence-electron chi connectivity index (χ4n) is 5.85. The van der Waals surface area contributed by atoms with E-state index in [0.29, 0.717) is 33.0 Å². The first-order valence-electron chi connectivity index (χ1n) is 13.6. The Kier molecular flexibility index (Phi) is 7.32. The molecule has 3 heterocycles. The molecule has 1 aliphatic carbocycles. The lowest BCUT2D eigenvalue weighted by Gasteiger charge is -2.26. The molecule has 7 nitrogen and oxygen atoms in total. The molecule has 0 bridgehead atoms. The second-order valence-corrected chi connectivity index (χ2v) is 12.6. The van der Waals surface area contributed by atoms with Gasteiger partial charge in [0.05, 0.1) is 22.9 Å². The van der Waals surface area contributed by atoms with E-state index >= 15 is 0 Å². The van der Waals surface area contributed by atoms with Gasteiger partial charge in [-0.05, 0) is 48.7 Å². The summed E-state index contributed by atoms with van der Waals surface area (Å²) in [5.74, 6) is 0. The van der Waals surface area contributed by atoms with E-state index in [-0.39, 0.29) is 5.41 Å². The molecule has 0 unspecified atom stereocenters. The number of benzene rings is 3. The van der Waals surface area contributed by atoms with Gasteiger partial charge in [-0.1, -0.05) is 101 Å². The normalized spacial score (nSPS) is 14.5. The van der Waals surface area contributed by atoms with Crippen LogP contribution in [0.5, 0.6) is 0 Å². The van der Waals surface area contributed by atoms with Crippen LogP contribution in [0.3, 0.4) is 0 Å². The molecule has 1 saturated carbocycles. The predicted molar refractivity (Wildman–Crippen MR) is 168 cm³/mol. The topological polar surface area (TPSA) is 74.3 Å². The lowest BCUT2D eigenvalue weighted by atomic mass is 9.79. The fourth-order valence-corrected chi connectivity index (χ4v) is 7.59. The summed E-state index contributed by atoms with van der Waals surface area (Å²) in [6.07, 6.45) is 7.62. The third kappa shape index (κ3) is 4.92. The van der Waals surface area contributed by atoms with Gasteiger partial charge >= 0.3 is 0 Å². The van der Waals surface area contributed by atoms with E-state index in [4.69, 9.17) is 50.1 Å². The van der Waals surface area contributed by atoms with Gasteiger partial charge in [-0.3, -0.25) is 0 Å². The summed E-state index contributed by atoms with van der Waals surface area (Å²) in [6, 6.07) is 23.7. The molecule has 6 aromatic rings. The highest BCUT2D eigenvalue weighted by Crippen LogP contribution is 2.48. The molecule has 0 aliphatic heterocycles. The minimum absolute atomic E-state index is 0.149. The Morgan fingerprint density at radius 2 is 1.62 bits per heavy atom. The van der Waals surface area contributed by atoms with E-state index in [0.717, 1.165) is 52.5 Å². The molecule has 3 aromatic carbocycles. The largest absolute Gasteiger partial charge is 0.248 e. The third-order valence-corrected chi connectivity index (χ3v) is 9.77. The number of hydrogen-bond donors (Lipinski definition) is 0. The first-order valence-corrected chi connectivity index (χ1v) is 15.5.